The van der Waals surface area contributed by atoms with Crippen LogP contribution in [0.15, 0.2) is 6.07 Å². The monoisotopic (exact) mass is 347 g/mol. The molecular formula is C17H25N5OS. The van der Waals surface area contributed by atoms with Crippen LogP contribution in [0, 0.1) is 20.8 Å². The van der Waals surface area contributed by atoms with Crippen LogP contribution in [-0.2, 0) is 13.6 Å². The standard InChI is InChI=1S/C17H25N5OS/c1-11-8-15(20-21(11)4)17(23)19-14-6-5-7-22(9-14)10-16-12(2)18-13(3)24-16/h8,14H,5-7,9-10H2,1-4H3,(H,19,23). The number of carbonyl (C=O) groups excluding carboxylic acids is 1. The molecule has 0 aliphatic carbocycles. The van der Waals surface area contributed by atoms with Gasteiger partial charge in [-0.25, -0.2) is 4.98 Å². The third-order valence-electron chi connectivity index (χ3n) is 4.55. The topological polar surface area (TPSA) is 63.1 Å². The van der Waals surface area contributed by atoms with E-state index in [2.05, 4.69) is 34.1 Å². The van der Waals surface area contributed by atoms with Crippen molar-refractivity contribution in [2.75, 3.05) is 13.1 Å². The van der Waals surface area contributed by atoms with Crippen LogP contribution in [0.25, 0.3) is 0 Å². The number of piperidine rings is 1. The molecule has 3 rings (SSSR count). The highest BCUT2D eigenvalue weighted by Gasteiger charge is 2.23. The maximum Gasteiger partial charge on any atom is 0.272 e. The molecule has 0 bridgehead atoms. The van der Waals surface area contributed by atoms with E-state index in [1.807, 2.05) is 20.0 Å². The minimum Gasteiger partial charge on any atom is -0.347 e. The van der Waals surface area contributed by atoms with E-state index in [-0.39, 0.29) is 11.9 Å². The lowest BCUT2D eigenvalue weighted by molar-refractivity contribution is 0.0895. The second-order valence-electron chi connectivity index (χ2n) is 6.58. The van der Waals surface area contributed by atoms with E-state index >= 15 is 0 Å². The van der Waals surface area contributed by atoms with E-state index in [1.54, 1.807) is 16.0 Å². The summed E-state index contributed by atoms with van der Waals surface area (Å²) >= 11 is 1.77. The highest BCUT2D eigenvalue weighted by Crippen LogP contribution is 2.21. The fourth-order valence-corrected chi connectivity index (χ4v) is 4.15. The molecule has 1 atom stereocenters. The highest BCUT2D eigenvalue weighted by molar-refractivity contribution is 7.11. The number of aromatic nitrogens is 3. The average molecular weight is 347 g/mol. The maximum atomic E-state index is 12.4. The molecule has 0 aromatic carbocycles. The molecule has 2 aromatic heterocycles. The predicted molar refractivity (Wildman–Crippen MR) is 95.3 cm³/mol. The molecule has 3 heterocycles. The van der Waals surface area contributed by atoms with Crippen LogP contribution in [0.3, 0.4) is 0 Å². The molecule has 1 saturated heterocycles. The first-order valence-corrected chi connectivity index (χ1v) is 9.21. The zero-order chi connectivity index (χ0) is 17.3. The zero-order valence-electron chi connectivity index (χ0n) is 14.8. The molecular weight excluding hydrogens is 322 g/mol. The summed E-state index contributed by atoms with van der Waals surface area (Å²) in [6, 6.07) is 2.02. The maximum absolute atomic E-state index is 12.4. The van der Waals surface area contributed by atoms with Crippen molar-refractivity contribution < 1.29 is 4.79 Å². The van der Waals surface area contributed by atoms with Crippen LogP contribution in [0.1, 0.15) is 44.6 Å². The van der Waals surface area contributed by atoms with Gasteiger partial charge < -0.3 is 5.32 Å². The molecule has 2 aromatic rings. The first-order chi connectivity index (χ1) is 11.4. The van der Waals surface area contributed by atoms with E-state index in [9.17, 15) is 4.79 Å². The molecule has 7 heteroatoms. The quantitative estimate of drug-likeness (QED) is 0.921. The molecule has 0 saturated carbocycles. The Kier molecular flexibility index (Phi) is 5.01. The van der Waals surface area contributed by atoms with Crippen LogP contribution in [-0.4, -0.2) is 44.7 Å². The van der Waals surface area contributed by atoms with E-state index in [1.165, 1.54) is 4.88 Å². The van der Waals surface area contributed by atoms with E-state index in [0.29, 0.717) is 5.69 Å². The van der Waals surface area contributed by atoms with Crippen LogP contribution >= 0.6 is 11.3 Å². The summed E-state index contributed by atoms with van der Waals surface area (Å²) in [6.45, 7) is 8.96. The molecule has 1 amide bonds. The lowest BCUT2D eigenvalue weighted by Crippen LogP contribution is -2.47. The van der Waals surface area contributed by atoms with Gasteiger partial charge in [-0.15, -0.1) is 11.3 Å². The number of carbonyl (C=O) groups is 1. The van der Waals surface area contributed by atoms with Gasteiger partial charge in [0.15, 0.2) is 0 Å². The van der Waals surface area contributed by atoms with Crippen molar-refractivity contribution >= 4 is 17.2 Å². The average Bonchev–Trinajstić information content (AvgIpc) is 3.02. The number of hydrogen-bond acceptors (Lipinski definition) is 5. The van der Waals surface area contributed by atoms with Crippen molar-refractivity contribution in [2.24, 2.45) is 7.05 Å². The molecule has 1 N–H and O–H groups in total. The zero-order valence-corrected chi connectivity index (χ0v) is 15.6. The van der Waals surface area contributed by atoms with Gasteiger partial charge in [0.25, 0.3) is 5.91 Å². The number of nitrogens with zero attached hydrogens (tertiary/aromatic N) is 4. The smallest absolute Gasteiger partial charge is 0.272 e. The largest absolute Gasteiger partial charge is 0.347 e. The summed E-state index contributed by atoms with van der Waals surface area (Å²) in [7, 11) is 1.86. The minimum absolute atomic E-state index is 0.0737. The lowest BCUT2D eigenvalue weighted by atomic mass is 10.1. The summed E-state index contributed by atoms with van der Waals surface area (Å²) in [6.07, 6.45) is 2.12. The number of likely N-dealkylation sites (tertiary alicyclic amines) is 1. The Labute approximate surface area is 146 Å². The van der Waals surface area contributed by atoms with Crippen molar-refractivity contribution in [3.05, 3.63) is 33.0 Å². The Morgan fingerprint density at radius 3 is 2.83 bits per heavy atom. The first kappa shape index (κ1) is 17.1. The Balaban J connectivity index is 1.59. The summed E-state index contributed by atoms with van der Waals surface area (Å²) in [5.74, 6) is -0.0737. The van der Waals surface area contributed by atoms with E-state index < -0.39 is 0 Å². The Morgan fingerprint density at radius 1 is 1.42 bits per heavy atom. The molecule has 130 valence electrons. The van der Waals surface area contributed by atoms with Gasteiger partial charge in [-0.3, -0.25) is 14.4 Å². The van der Waals surface area contributed by atoms with Crippen LogP contribution in [0.4, 0.5) is 0 Å². The van der Waals surface area contributed by atoms with Gasteiger partial charge in [0.05, 0.1) is 10.7 Å². The Bertz CT molecular complexity index is 716. The predicted octanol–water partition coefficient (Wildman–Crippen LogP) is 2.20. The molecule has 1 aliphatic heterocycles. The van der Waals surface area contributed by atoms with Gasteiger partial charge in [0, 0.05) is 36.8 Å². The fourth-order valence-electron chi connectivity index (χ4n) is 3.17. The molecule has 6 nitrogen and oxygen atoms in total. The van der Waals surface area contributed by atoms with Gasteiger partial charge in [0.1, 0.15) is 5.69 Å². The number of aryl methyl sites for hydroxylation is 4. The number of thiazole rings is 1. The second-order valence-corrected chi connectivity index (χ2v) is 7.87. The van der Waals surface area contributed by atoms with Crippen molar-refractivity contribution in [3.8, 4) is 0 Å². The first-order valence-electron chi connectivity index (χ1n) is 8.39. The third kappa shape index (κ3) is 3.84. The molecule has 1 aliphatic rings. The fraction of sp³-hybridized carbons (Fsp3) is 0.588. The summed E-state index contributed by atoms with van der Waals surface area (Å²) < 4.78 is 1.73. The van der Waals surface area contributed by atoms with Gasteiger partial charge in [-0.05, 0) is 46.2 Å². The van der Waals surface area contributed by atoms with Gasteiger partial charge in [-0.2, -0.15) is 5.10 Å². The van der Waals surface area contributed by atoms with Crippen molar-refractivity contribution in [1.82, 2.24) is 25.0 Å². The number of amides is 1. The highest BCUT2D eigenvalue weighted by atomic mass is 32.1. The number of rotatable bonds is 4. The van der Waals surface area contributed by atoms with Gasteiger partial charge in [-0.1, -0.05) is 0 Å². The van der Waals surface area contributed by atoms with Crippen LogP contribution < -0.4 is 5.32 Å². The summed E-state index contributed by atoms with van der Waals surface area (Å²) in [4.78, 5) is 20.6. The third-order valence-corrected chi connectivity index (χ3v) is 5.61. The van der Waals surface area contributed by atoms with Crippen molar-refractivity contribution in [1.29, 1.82) is 0 Å². The number of hydrogen-bond donors (Lipinski definition) is 1. The van der Waals surface area contributed by atoms with Gasteiger partial charge in [0.2, 0.25) is 0 Å². The molecule has 1 fully saturated rings. The molecule has 0 spiro atoms. The molecule has 24 heavy (non-hydrogen) atoms. The minimum atomic E-state index is -0.0737. The van der Waals surface area contributed by atoms with E-state index in [4.69, 9.17) is 0 Å². The lowest BCUT2D eigenvalue weighted by Gasteiger charge is -2.32. The normalized spacial score (nSPS) is 18.8. The molecule has 0 radical (unpaired) electrons. The van der Waals surface area contributed by atoms with Crippen LogP contribution in [0.5, 0.6) is 0 Å². The SMILES string of the molecule is Cc1nc(C)c(CN2CCCC(NC(=O)c3cc(C)n(C)n3)C2)s1. The van der Waals surface area contributed by atoms with E-state index in [0.717, 1.165) is 48.9 Å². The summed E-state index contributed by atoms with van der Waals surface area (Å²) in [5.41, 5.74) is 2.62. The summed E-state index contributed by atoms with van der Waals surface area (Å²) in [5, 5.41) is 8.52. The van der Waals surface area contributed by atoms with Gasteiger partial charge >= 0.3 is 0 Å². The van der Waals surface area contributed by atoms with Crippen LogP contribution in [0.2, 0.25) is 0 Å². The van der Waals surface area contributed by atoms with Crippen molar-refractivity contribution in [2.45, 2.75) is 46.2 Å². The molecule has 1 unspecified atom stereocenters. The second kappa shape index (κ2) is 7.03. The Morgan fingerprint density at radius 2 is 2.21 bits per heavy atom. The Hall–Kier alpha value is -1.73. The number of nitrogens with one attached hydrogen (secondary N) is 1. The van der Waals surface area contributed by atoms with Crippen molar-refractivity contribution in [3.63, 3.8) is 0 Å².